The first-order chi connectivity index (χ1) is 14.0. The number of urea groups is 1. The summed E-state index contributed by atoms with van der Waals surface area (Å²) in [7, 11) is 3.59. The van der Waals surface area contributed by atoms with Crippen molar-refractivity contribution in [1.82, 2.24) is 20.0 Å². The van der Waals surface area contributed by atoms with Gasteiger partial charge in [0.2, 0.25) is 0 Å². The van der Waals surface area contributed by atoms with Gasteiger partial charge in [-0.3, -0.25) is 4.68 Å². The molecular weight excluding hydrogens is 368 g/mol. The van der Waals surface area contributed by atoms with Crippen LogP contribution in [0.25, 0.3) is 0 Å². The minimum atomic E-state index is -0.0314. The summed E-state index contributed by atoms with van der Waals surface area (Å²) in [4.78, 5) is 14.3. The molecule has 156 valence electrons. The summed E-state index contributed by atoms with van der Waals surface area (Å²) in [6, 6.07) is 8.14. The van der Waals surface area contributed by atoms with Gasteiger partial charge in [-0.15, -0.1) is 0 Å². The van der Waals surface area contributed by atoms with Gasteiger partial charge in [-0.1, -0.05) is 6.07 Å². The lowest BCUT2D eigenvalue weighted by atomic mass is 9.96. The number of nitrogens with one attached hydrogen (secondary N) is 1. The lowest BCUT2D eigenvalue weighted by Crippen LogP contribution is -2.49. The fourth-order valence-corrected chi connectivity index (χ4v) is 4.33. The average Bonchev–Trinajstić information content (AvgIpc) is 3.32. The van der Waals surface area contributed by atoms with E-state index in [1.54, 1.807) is 7.11 Å². The second kappa shape index (κ2) is 8.35. The summed E-state index contributed by atoms with van der Waals surface area (Å²) < 4.78 is 13.6. The maximum absolute atomic E-state index is 12.4. The molecule has 0 spiro atoms. The third-order valence-electron chi connectivity index (χ3n) is 5.93. The van der Waals surface area contributed by atoms with Crippen molar-refractivity contribution in [2.75, 3.05) is 20.2 Å². The van der Waals surface area contributed by atoms with Crippen LogP contribution in [0.15, 0.2) is 24.3 Å². The SMILES string of the molecule is COc1ccc(C2CNC(=O)N(Cc3cc(C)nn3C)C2)cc1OC1CCCC1. The number of ether oxygens (including phenoxy) is 2. The number of nitrogens with zero attached hydrogens (tertiary/aromatic N) is 3. The Morgan fingerprint density at radius 3 is 2.69 bits per heavy atom. The zero-order valence-corrected chi connectivity index (χ0v) is 17.5. The summed E-state index contributed by atoms with van der Waals surface area (Å²) in [5, 5.41) is 7.42. The van der Waals surface area contributed by atoms with E-state index in [0.717, 1.165) is 41.3 Å². The Kier molecular flexibility index (Phi) is 5.65. The molecule has 0 bridgehead atoms. The largest absolute Gasteiger partial charge is 0.493 e. The van der Waals surface area contributed by atoms with Crippen LogP contribution in [0.5, 0.6) is 11.5 Å². The smallest absolute Gasteiger partial charge is 0.317 e. The molecule has 1 N–H and O–H groups in total. The number of methoxy groups -OCH3 is 1. The van der Waals surface area contributed by atoms with Gasteiger partial charge in [-0.05, 0) is 56.4 Å². The van der Waals surface area contributed by atoms with Crippen LogP contribution in [-0.4, -0.2) is 47.0 Å². The molecule has 1 aliphatic heterocycles. The molecule has 2 heterocycles. The van der Waals surface area contributed by atoms with Crippen molar-refractivity contribution in [3.63, 3.8) is 0 Å². The Balaban J connectivity index is 1.51. The van der Waals surface area contributed by atoms with Crippen LogP contribution in [0.3, 0.4) is 0 Å². The Bertz CT molecular complexity index is 873. The molecule has 29 heavy (non-hydrogen) atoms. The molecule has 1 aliphatic carbocycles. The normalized spacial score (nSPS) is 20.0. The van der Waals surface area contributed by atoms with Crippen molar-refractivity contribution in [3.8, 4) is 11.5 Å². The summed E-state index contributed by atoms with van der Waals surface area (Å²) in [5.41, 5.74) is 3.14. The van der Waals surface area contributed by atoms with E-state index in [0.29, 0.717) is 19.6 Å². The van der Waals surface area contributed by atoms with E-state index in [4.69, 9.17) is 9.47 Å². The minimum Gasteiger partial charge on any atom is -0.493 e. The number of hydrogen-bond acceptors (Lipinski definition) is 4. The number of rotatable bonds is 6. The third-order valence-corrected chi connectivity index (χ3v) is 5.93. The minimum absolute atomic E-state index is 0.0314. The lowest BCUT2D eigenvalue weighted by Gasteiger charge is -2.33. The van der Waals surface area contributed by atoms with Crippen LogP contribution in [0.2, 0.25) is 0 Å². The Morgan fingerprint density at radius 2 is 2.00 bits per heavy atom. The molecule has 2 aliphatic rings. The van der Waals surface area contributed by atoms with Crippen LogP contribution in [-0.2, 0) is 13.6 Å². The quantitative estimate of drug-likeness (QED) is 0.810. The molecular formula is C22H30N4O3. The van der Waals surface area contributed by atoms with E-state index in [2.05, 4.69) is 22.5 Å². The number of amides is 2. The van der Waals surface area contributed by atoms with Gasteiger partial charge in [0.1, 0.15) is 0 Å². The van der Waals surface area contributed by atoms with Gasteiger partial charge in [0, 0.05) is 26.1 Å². The molecule has 7 nitrogen and oxygen atoms in total. The van der Waals surface area contributed by atoms with Gasteiger partial charge < -0.3 is 19.7 Å². The Hall–Kier alpha value is -2.70. The number of benzene rings is 1. The second-order valence-corrected chi connectivity index (χ2v) is 8.10. The monoisotopic (exact) mass is 398 g/mol. The van der Waals surface area contributed by atoms with E-state index in [9.17, 15) is 4.79 Å². The zero-order chi connectivity index (χ0) is 20.4. The van der Waals surface area contributed by atoms with Crippen molar-refractivity contribution in [2.45, 2.75) is 51.2 Å². The van der Waals surface area contributed by atoms with E-state index >= 15 is 0 Å². The van der Waals surface area contributed by atoms with Crippen molar-refractivity contribution in [1.29, 1.82) is 0 Å². The first-order valence-corrected chi connectivity index (χ1v) is 10.4. The van der Waals surface area contributed by atoms with Gasteiger partial charge in [0.15, 0.2) is 11.5 Å². The van der Waals surface area contributed by atoms with E-state index in [1.807, 2.05) is 35.7 Å². The summed E-state index contributed by atoms with van der Waals surface area (Å²) in [6.07, 6.45) is 4.93. The first-order valence-electron chi connectivity index (χ1n) is 10.4. The van der Waals surface area contributed by atoms with Crippen molar-refractivity contribution < 1.29 is 14.3 Å². The third kappa shape index (κ3) is 4.33. The van der Waals surface area contributed by atoms with Crippen LogP contribution >= 0.6 is 0 Å². The van der Waals surface area contributed by atoms with Gasteiger partial charge >= 0.3 is 6.03 Å². The fraction of sp³-hybridized carbons (Fsp3) is 0.545. The van der Waals surface area contributed by atoms with Gasteiger partial charge in [0.25, 0.3) is 0 Å². The number of carbonyl (C=O) groups excluding carboxylic acids is 1. The van der Waals surface area contributed by atoms with Gasteiger partial charge in [-0.25, -0.2) is 4.79 Å². The van der Waals surface area contributed by atoms with Crippen molar-refractivity contribution in [2.24, 2.45) is 7.05 Å². The fourth-order valence-electron chi connectivity index (χ4n) is 4.33. The lowest BCUT2D eigenvalue weighted by molar-refractivity contribution is 0.174. The van der Waals surface area contributed by atoms with Crippen molar-refractivity contribution in [3.05, 3.63) is 41.2 Å². The van der Waals surface area contributed by atoms with Crippen LogP contribution in [0.4, 0.5) is 4.79 Å². The molecule has 2 fully saturated rings. The molecule has 1 saturated carbocycles. The number of aryl methyl sites for hydroxylation is 2. The molecule has 1 aromatic carbocycles. The highest BCUT2D eigenvalue weighted by Crippen LogP contribution is 2.35. The molecule has 2 aromatic rings. The van der Waals surface area contributed by atoms with Crippen molar-refractivity contribution >= 4 is 6.03 Å². The summed E-state index contributed by atoms with van der Waals surface area (Å²) in [5.74, 6) is 1.77. The second-order valence-electron chi connectivity index (χ2n) is 8.10. The summed E-state index contributed by atoms with van der Waals surface area (Å²) in [6.45, 7) is 3.78. The molecule has 7 heteroatoms. The van der Waals surface area contributed by atoms with E-state index in [1.165, 1.54) is 12.8 Å². The first kappa shape index (κ1) is 19.6. The molecule has 0 radical (unpaired) electrons. The van der Waals surface area contributed by atoms with Crippen LogP contribution < -0.4 is 14.8 Å². The van der Waals surface area contributed by atoms with Gasteiger partial charge in [0.05, 0.1) is 31.1 Å². The molecule has 1 aromatic heterocycles. The van der Waals surface area contributed by atoms with Crippen LogP contribution in [0, 0.1) is 6.92 Å². The van der Waals surface area contributed by atoms with E-state index < -0.39 is 0 Å². The number of carbonyl (C=O) groups is 1. The average molecular weight is 399 g/mol. The molecule has 1 unspecified atom stereocenters. The maximum Gasteiger partial charge on any atom is 0.317 e. The highest BCUT2D eigenvalue weighted by molar-refractivity contribution is 5.75. The molecule has 4 rings (SSSR count). The molecule has 1 saturated heterocycles. The highest BCUT2D eigenvalue weighted by Gasteiger charge is 2.28. The number of aromatic nitrogens is 2. The Morgan fingerprint density at radius 1 is 1.21 bits per heavy atom. The predicted octanol–water partition coefficient (Wildman–Crippen LogP) is 3.37. The zero-order valence-electron chi connectivity index (χ0n) is 17.5. The number of hydrogen-bond donors (Lipinski definition) is 1. The topological polar surface area (TPSA) is 68.6 Å². The predicted molar refractivity (Wildman–Crippen MR) is 110 cm³/mol. The Labute approximate surface area is 172 Å². The van der Waals surface area contributed by atoms with Gasteiger partial charge in [-0.2, -0.15) is 5.10 Å². The summed E-state index contributed by atoms with van der Waals surface area (Å²) >= 11 is 0. The highest BCUT2D eigenvalue weighted by atomic mass is 16.5. The maximum atomic E-state index is 12.4. The molecule has 2 amide bonds. The van der Waals surface area contributed by atoms with Crippen LogP contribution in [0.1, 0.15) is 48.6 Å². The van der Waals surface area contributed by atoms with E-state index in [-0.39, 0.29) is 18.1 Å². The molecule has 1 atom stereocenters. The standard InChI is InChI=1S/C22H30N4O3/c1-15-10-18(25(2)24-15)14-26-13-17(12-23-22(26)27)16-8-9-20(28-3)21(11-16)29-19-6-4-5-7-19/h8-11,17,19H,4-7,12-14H2,1-3H3,(H,23,27).